The van der Waals surface area contributed by atoms with Gasteiger partial charge in [-0.2, -0.15) is 0 Å². The van der Waals surface area contributed by atoms with Crippen LogP contribution in [0.25, 0.3) is 12.2 Å². The molecule has 0 unspecified atom stereocenters. The molecule has 12 nitrogen and oxygen atoms in total. The highest BCUT2D eigenvalue weighted by Crippen LogP contribution is 2.32. The van der Waals surface area contributed by atoms with Gasteiger partial charge in [0, 0.05) is 22.8 Å². The summed E-state index contributed by atoms with van der Waals surface area (Å²) in [5.74, 6) is -1.67. The summed E-state index contributed by atoms with van der Waals surface area (Å²) in [6.45, 7) is 18.3. The third-order valence-corrected chi connectivity index (χ3v) is 5.33. The van der Waals surface area contributed by atoms with Crippen molar-refractivity contribution >= 4 is 36.0 Å². The van der Waals surface area contributed by atoms with Crippen LogP contribution in [0.5, 0.6) is 23.0 Å². The molecule has 2 aromatic carbocycles. The number of benzene rings is 2. The minimum absolute atomic E-state index is 0.205. The lowest BCUT2D eigenvalue weighted by Crippen LogP contribution is -2.00. The predicted octanol–water partition coefficient (Wildman–Crippen LogP) is 7.34. The maximum atomic E-state index is 11.7. The van der Waals surface area contributed by atoms with Crippen molar-refractivity contribution in [2.45, 2.75) is 20.8 Å². The summed E-state index contributed by atoms with van der Waals surface area (Å²) in [5, 5.41) is 0. The van der Waals surface area contributed by atoms with E-state index in [-0.39, 0.29) is 39.7 Å². The average Bonchev–Trinajstić information content (AvgIpc) is 3.08. The molecule has 49 heavy (non-hydrogen) atoms. The fourth-order valence-corrected chi connectivity index (χ4v) is 2.95. The first-order valence-corrected chi connectivity index (χ1v) is 14.1. The van der Waals surface area contributed by atoms with E-state index in [2.05, 4.69) is 26.3 Å². The van der Waals surface area contributed by atoms with E-state index in [1.165, 1.54) is 20.8 Å². The molecule has 0 N–H and O–H groups in total. The van der Waals surface area contributed by atoms with E-state index in [1.807, 2.05) is 0 Å². The van der Waals surface area contributed by atoms with Crippen LogP contribution in [0.4, 0.5) is 0 Å². The summed E-state index contributed by atoms with van der Waals surface area (Å²) in [6.07, 6.45) is 13.2. The van der Waals surface area contributed by atoms with Gasteiger partial charge >= 0.3 is 23.9 Å². The van der Waals surface area contributed by atoms with E-state index in [4.69, 9.17) is 37.9 Å². The van der Waals surface area contributed by atoms with E-state index in [0.717, 1.165) is 56.2 Å². The van der Waals surface area contributed by atoms with Gasteiger partial charge in [-0.15, -0.1) is 0 Å². The number of hydrogen-bond donors (Lipinski definition) is 0. The Morgan fingerprint density at radius 3 is 1.14 bits per heavy atom. The molecule has 0 radical (unpaired) electrons. The first-order chi connectivity index (χ1) is 23.4. The molecular weight excluding hydrogens is 636 g/mol. The maximum Gasteiger partial charge on any atom is 0.338 e. The second-order valence-corrected chi connectivity index (χ2v) is 9.50. The molecular formula is C37H34O12. The van der Waals surface area contributed by atoms with E-state index >= 15 is 0 Å². The molecule has 0 aliphatic heterocycles. The van der Waals surface area contributed by atoms with Crippen LogP contribution in [0.2, 0.25) is 0 Å². The van der Waals surface area contributed by atoms with Crippen molar-refractivity contribution in [3.8, 4) is 23.0 Å². The molecule has 0 atom stereocenters. The van der Waals surface area contributed by atoms with Gasteiger partial charge in [0.1, 0.15) is 50.1 Å². The second-order valence-electron chi connectivity index (χ2n) is 9.50. The highest BCUT2D eigenvalue weighted by molar-refractivity contribution is 5.88. The van der Waals surface area contributed by atoms with Crippen LogP contribution in [0.1, 0.15) is 31.9 Å². The van der Waals surface area contributed by atoms with Gasteiger partial charge < -0.3 is 37.9 Å². The molecule has 2 aromatic rings. The molecule has 0 saturated heterocycles. The van der Waals surface area contributed by atoms with Crippen LogP contribution >= 0.6 is 0 Å². The second kappa shape index (κ2) is 20.3. The fraction of sp³-hybridized carbons (Fsp3) is 0.0811. The predicted molar refractivity (Wildman–Crippen MR) is 180 cm³/mol. The molecule has 0 saturated carbocycles. The summed E-state index contributed by atoms with van der Waals surface area (Å²) in [6, 6.07) is 9.90. The number of hydrogen-bond acceptors (Lipinski definition) is 12. The van der Waals surface area contributed by atoms with Gasteiger partial charge in [-0.3, -0.25) is 0 Å². The van der Waals surface area contributed by atoms with Crippen molar-refractivity contribution in [3.63, 3.8) is 0 Å². The normalized spacial score (nSPS) is 11.0. The zero-order valence-electron chi connectivity index (χ0n) is 27.0. The van der Waals surface area contributed by atoms with Gasteiger partial charge in [0.15, 0.2) is 23.0 Å². The number of esters is 4. The molecule has 0 aliphatic carbocycles. The minimum Gasteiger partial charge on any atom is -0.458 e. The zero-order valence-corrected chi connectivity index (χ0v) is 27.0. The van der Waals surface area contributed by atoms with Gasteiger partial charge in [-0.1, -0.05) is 50.6 Å². The topological polar surface area (TPSA) is 142 Å². The van der Waals surface area contributed by atoms with Gasteiger partial charge in [0.25, 0.3) is 0 Å². The number of rotatable bonds is 18. The van der Waals surface area contributed by atoms with Crippen molar-refractivity contribution in [1.82, 2.24) is 0 Å². The minimum atomic E-state index is -0.671. The third-order valence-electron chi connectivity index (χ3n) is 5.33. The number of carbonyl (C=O) groups is 4. The Bertz CT molecular complexity index is 1740. The summed E-state index contributed by atoms with van der Waals surface area (Å²) < 4.78 is 41.8. The number of carbonyl (C=O) groups excluding carboxylic acids is 4. The van der Waals surface area contributed by atoms with E-state index in [0.29, 0.717) is 11.1 Å². The van der Waals surface area contributed by atoms with Gasteiger partial charge in [0.2, 0.25) is 0 Å². The van der Waals surface area contributed by atoms with Crippen LogP contribution in [-0.4, -0.2) is 23.9 Å². The Labute approximate surface area is 283 Å². The molecule has 0 fully saturated rings. The molecule has 0 amide bonds. The molecule has 0 heterocycles. The smallest absolute Gasteiger partial charge is 0.338 e. The van der Waals surface area contributed by atoms with Crippen molar-refractivity contribution in [2.75, 3.05) is 0 Å². The highest BCUT2D eigenvalue weighted by Gasteiger charge is 2.08. The largest absolute Gasteiger partial charge is 0.458 e. The summed E-state index contributed by atoms with van der Waals surface area (Å²) >= 11 is 0. The fourth-order valence-electron chi connectivity index (χ4n) is 2.95. The molecule has 0 bridgehead atoms. The van der Waals surface area contributed by atoms with Crippen LogP contribution < -0.4 is 18.9 Å². The van der Waals surface area contributed by atoms with E-state index in [9.17, 15) is 19.2 Å². The molecule has 0 aliphatic rings. The summed E-state index contributed by atoms with van der Waals surface area (Å²) in [5.41, 5.74) is 1.94. The van der Waals surface area contributed by atoms with Crippen molar-refractivity contribution in [3.05, 3.63) is 147 Å². The van der Waals surface area contributed by atoms with Crippen molar-refractivity contribution < 1.29 is 57.1 Å². The van der Waals surface area contributed by atoms with Crippen LogP contribution in [-0.2, 0) is 38.1 Å². The Balaban J connectivity index is 2.33. The van der Waals surface area contributed by atoms with Gasteiger partial charge in [-0.25, -0.2) is 19.2 Å². The third kappa shape index (κ3) is 14.4. The van der Waals surface area contributed by atoms with Crippen molar-refractivity contribution in [1.29, 1.82) is 0 Å². The zero-order chi connectivity index (χ0) is 36.2. The van der Waals surface area contributed by atoms with Crippen LogP contribution in [0, 0.1) is 0 Å². The highest BCUT2D eigenvalue weighted by atomic mass is 16.6. The van der Waals surface area contributed by atoms with E-state index in [1.54, 1.807) is 48.6 Å². The first-order valence-electron chi connectivity index (χ1n) is 14.1. The number of ether oxygens (including phenoxy) is 8. The lowest BCUT2D eigenvalue weighted by atomic mass is 10.1. The Kier molecular flexibility index (Phi) is 15.9. The quantitative estimate of drug-likeness (QED) is 0.0515. The SMILES string of the molecule is C=CC(=O)OC=COc1ccc(C=Cc2ccc(OC=COC(=O)C(=C)C)c(OC=COC(=O)C(=C)C)c2)cc1OC=COC(=O)C(=C)C. The van der Waals surface area contributed by atoms with Gasteiger partial charge in [0.05, 0.1) is 0 Å². The maximum absolute atomic E-state index is 11.7. The molecule has 12 heteroatoms. The van der Waals surface area contributed by atoms with Crippen LogP contribution in [0.3, 0.4) is 0 Å². The summed E-state index contributed by atoms with van der Waals surface area (Å²) in [7, 11) is 0. The average molecular weight is 671 g/mol. The monoisotopic (exact) mass is 670 g/mol. The molecule has 254 valence electrons. The Morgan fingerprint density at radius 1 is 0.490 bits per heavy atom. The Morgan fingerprint density at radius 2 is 0.816 bits per heavy atom. The van der Waals surface area contributed by atoms with Crippen LogP contribution in [0.15, 0.2) is 136 Å². The Hall–Kier alpha value is -6.82. The van der Waals surface area contributed by atoms with E-state index < -0.39 is 23.9 Å². The lowest BCUT2D eigenvalue weighted by Gasteiger charge is -2.10. The standard InChI is InChI=1S/C37H34O12/c1-8-34(38)46-19-15-42-30-13-11-28(23-32(30)44-17-21-48-36(40)26(4)5)9-10-29-12-14-31(43-16-20-47-35(39)25(2)3)33(24-29)45-18-22-49-37(41)27(6)7/h8-24H,1-2,4,6H2,3,5,7H3. The molecule has 2 rings (SSSR count). The summed E-state index contributed by atoms with van der Waals surface area (Å²) in [4.78, 5) is 46.2. The molecule has 0 aromatic heterocycles. The molecule has 0 spiro atoms. The first kappa shape index (κ1) is 38.4. The lowest BCUT2D eigenvalue weighted by molar-refractivity contribution is -0.134. The van der Waals surface area contributed by atoms with Crippen molar-refractivity contribution in [2.24, 2.45) is 0 Å². The van der Waals surface area contributed by atoms with Gasteiger partial charge in [-0.05, 0) is 56.2 Å².